The molecule has 1 fully saturated rings. The fourth-order valence-corrected chi connectivity index (χ4v) is 3.91. The van der Waals surface area contributed by atoms with Crippen LogP contribution < -0.4 is 0 Å². The first-order valence-corrected chi connectivity index (χ1v) is 10.6. The van der Waals surface area contributed by atoms with Gasteiger partial charge in [-0.05, 0) is 67.5 Å². The molecule has 3 rings (SSSR count). The van der Waals surface area contributed by atoms with E-state index < -0.39 is 0 Å². The third kappa shape index (κ3) is 6.89. The highest BCUT2D eigenvalue weighted by Crippen LogP contribution is 2.21. The fourth-order valence-electron chi connectivity index (χ4n) is 3.91. The topological polar surface area (TPSA) is 52.9 Å². The molecule has 1 heterocycles. The van der Waals surface area contributed by atoms with E-state index >= 15 is 0 Å². The zero-order valence-corrected chi connectivity index (χ0v) is 17.0. The largest absolute Gasteiger partial charge is 0.395 e. The molecule has 0 radical (unpaired) electrons. The molecule has 2 atom stereocenters. The maximum absolute atomic E-state index is 13.3. The Morgan fingerprint density at radius 2 is 1.86 bits per heavy atom. The van der Waals surface area contributed by atoms with Crippen LogP contribution in [0.3, 0.4) is 0 Å². The summed E-state index contributed by atoms with van der Waals surface area (Å²) < 4.78 is 19.1. The zero-order valence-electron chi connectivity index (χ0n) is 17.0. The van der Waals surface area contributed by atoms with Gasteiger partial charge in [0.2, 0.25) is 0 Å². The number of aliphatic hydroxyl groups is 2. The highest BCUT2D eigenvalue weighted by atomic mass is 19.1. The summed E-state index contributed by atoms with van der Waals surface area (Å²) in [5.74, 6) is -0.223. The van der Waals surface area contributed by atoms with Gasteiger partial charge in [0, 0.05) is 19.2 Å². The van der Waals surface area contributed by atoms with Gasteiger partial charge < -0.3 is 14.9 Å². The molecule has 2 aromatic rings. The van der Waals surface area contributed by atoms with Gasteiger partial charge in [-0.3, -0.25) is 4.90 Å². The third-order valence-electron chi connectivity index (χ3n) is 5.64. The zero-order chi connectivity index (χ0) is 20.5. The van der Waals surface area contributed by atoms with Gasteiger partial charge >= 0.3 is 0 Å². The number of benzene rings is 2. The van der Waals surface area contributed by atoms with Gasteiger partial charge in [-0.2, -0.15) is 0 Å². The summed E-state index contributed by atoms with van der Waals surface area (Å²) in [5.41, 5.74) is 2.99. The van der Waals surface area contributed by atoms with Crippen LogP contribution >= 0.6 is 0 Å². The van der Waals surface area contributed by atoms with Crippen molar-refractivity contribution in [3.05, 3.63) is 59.9 Å². The number of aliphatic hydroxyl groups excluding tert-OH is 2. The lowest BCUT2D eigenvalue weighted by Gasteiger charge is -2.36. The first-order chi connectivity index (χ1) is 14.2. The molecule has 1 saturated heterocycles. The molecule has 1 aliphatic heterocycles. The van der Waals surface area contributed by atoms with E-state index in [1.807, 2.05) is 30.3 Å². The van der Waals surface area contributed by atoms with Crippen molar-refractivity contribution < 1.29 is 19.3 Å². The smallest absolute Gasteiger partial charge is 0.123 e. The number of hydrogen-bond donors (Lipinski definition) is 2. The van der Waals surface area contributed by atoms with E-state index in [-0.39, 0.29) is 24.6 Å². The second-order valence-electron chi connectivity index (χ2n) is 7.87. The lowest BCUT2D eigenvalue weighted by atomic mass is 9.99. The van der Waals surface area contributed by atoms with E-state index in [0.29, 0.717) is 13.0 Å². The van der Waals surface area contributed by atoms with Crippen molar-refractivity contribution >= 4 is 0 Å². The van der Waals surface area contributed by atoms with Gasteiger partial charge in [-0.1, -0.05) is 36.4 Å². The number of unbranched alkanes of at least 4 members (excludes halogenated alkanes) is 2. The van der Waals surface area contributed by atoms with Gasteiger partial charge in [0.05, 0.1) is 19.3 Å². The predicted octanol–water partition coefficient (Wildman–Crippen LogP) is 4.00. The average Bonchev–Trinajstić information content (AvgIpc) is 2.74. The summed E-state index contributed by atoms with van der Waals surface area (Å²) in [7, 11) is 0. The Labute approximate surface area is 172 Å². The average molecular weight is 402 g/mol. The van der Waals surface area contributed by atoms with E-state index in [4.69, 9.17) is 4.74 Å². The molecule has 4 nitrogen and oxygen atoms in total. The molecular formula is C24H32FNO3. The van der Waals surface area contributed by atoms with Crippen LogP contribution in [-0.2, 0) is 11.3 Å². The molecule has 0 saturated carbocycles. The lowest BCUT2D eigenvalue weighted by molar-refractivity contribution is 0.0160. The Hall–Kier alpha value is -1.79. The molecule has 1 aliphatic rings. The molecule has 0 amide bonds. The summed E-state index contributed by atoms with van der Waals surface area (Å²) in [6.07, 6.45) is 4.41. The number of hydrogen-bond acceptors (Lipinski definition) is 4. The SMILES string of the molecule is OCC1CC(O)CCN1CCCCCOCc1ccc(-c2cccc(F)c2)cc1. The van der Waals surface area contributed by atoms with E-state index in [2.05, 4.69) is 4.90 Å². The van der Waals surface area contributed by atoms with Gasteiger partial charge in [0.15, 0.2) is 0 Å². The third-order valence-corrected chi connectivity index (χ3v) is 5.64. The minimum atomic E-state index is -0.264. The second-order valence-corrected chi connectivity index (χ2v) is 7.87. The molecular weight excluding hydrogens is 369 g/mol. The molecule has 0 bridgehead atoms. The van der Waals surface area contributed by atoms with Crippen LogP contribution in [0.1, 0.15) is 37.7 Å². The molecule has 0 aromatic heterocycles. The molecule has 0 aliphatic carbocycles. The van der Waals surface area contributed by atoms with Gasteiger partial charge in [0.1, 0.15) is 5.82 Å². The molecule has 2 unspecified atom stereocenters. The first-order valence-electron chi connectivity index (χ1n) is 10.6. The van der Waals surface area contributed by atoms with Crippen LogP contribution in [-0.4, -0.2) is 53.6 Å². The van der Waals surface area contributed by atoms with Gasteiger partial charge in [-0.15, -0.1) is 0 Å². The van der Waals surface area contributed by atoms with Crippen LogP contribution in [0.5, 0.6) is 0 Å². The second kappa shape index (κ2) is 11.4. The maximum atomic E-state index is 13.3. The number of rotatable bonds is 10. The van der Waals surface area contributed by atoms with Crippen molar-refractivity contribution in [3.63, 3.8) is 0 Å². The monoisotopic (exact) mass is 401 g/mol. The number of likely N-dealkylation sites (tertiary alicyclic amines) is 1. The minimum absolute atomic E-state index is 0.102. The van der Waals surface area contributed by atoms with Crippen molar-refractivity contribution in [3.8, 4) is 11.1 Å². The van der Waals surface area contributed by atoms with Crippen LogP contribution in [0.4, 0.5) is 4.39 Å². The Morgan fingerprint density at radius 3 is 2.62 bits per heavy atom. The number of halogens is 1. The Balaban J connectivity index is 1.30. The van der Waals surface area contributed by atoms with Gasteiger partial charge in [0.25, 0.3) is 0 Å². The molecule has 2 N–H and O–H groups in total. The maximum Gasteiger partial charge on any atom is 0.123 e. The molecule has 29 heavy (non-hydrogen) atoms. The normalized spacial score (nSPS) is 20.1. The minimum Gasteiger partial charge on any atom is -0.395 e. The van der Waals surface area contributed by atoms with Crippen molar-refractivity contribution in [2.45, 2.75) is 50.9 Å². The molecule has 0 spiro atoms. The van der Waals surface area contributed by atoms with Crippen LogP contribution in [0.15, 0.2) is 48.5 Å². The fraction of sp³-hybridized carbons (Fsp3) is 0.500. The van der Waals surface area contributed by atoms with E-state index in [1.165, 1.54) is 6.07 Å². The Bertz CT molecular complexity index is 737. The standard InChI is InChI=1S/C24H32FNO3/c25-22-6-4-5-21(15-22)20-9-7-19(8-10-20)18-29-14-3-1-2-12-26-13-11-24(28)16-23(26)17-27/h4-10,15,23-24,27-28H,1-3,11-14,16-18H2. The van der Waals surface area contributed by atoms with E-state index in [0.717, 1.165) is 62.1 Å². The lowest BCUT2D eigenvalue weighted by Crippen LogP contribution is -2.46. The molecule has 5 heteroatoms. The quantitative estimate of drug-likeness (QED) is 0.591. The Kier molecular flexibility index (Phi) is 8.62. The summed E-state index contributed by atoms with van der Waals surface area (Å²) in [4.78, 5) is 2.30. The number of nitrogens with zero attached hydrogens (tertiary/aromatic N) is 1. The van der Waals surface area contributed by atoms with Crippen molar-refractivity contribution in [1.82, 2.24) is 4.90 Å². The van der Waals surface area contributed by atoms with E-state index in [9.17, 15) is 14.6 Å². The first kappa shape index (κ1) is 21.9. The van der Waals surface area contributed by atoms with Crippen molar-refractivity contribution in [2.24, 2.45) is 0 Å². The predicted molar refractivity (Wildman–Crippen MR) is 113 cm³/mol. The van der Waals surface area contributed by atoms with Crippen LogP contribution in [0, 0.1) is 5.82 Å². The van der Waals surface area contributed by atoms with Crippen molar-refractivity contribution in [2.75, 3.05) is 26.3 Å². The van der Waals surface area contributed by atoms with Crippen LogP contribution in [0.25, 0.3) is 11.1 Å². The molecule has 158 valence electrons. The summed E-state index contributed by atoms with van der Waals surface area (Å²) >= 11 is 0. The summed E-state index contributed by atoms with van der Waals surface area (Å²) in [6, 6.07) is 14.8. The molecule has 2 aromatic carbocycles. The van der Waals surface area contributed by atoms with Gasteiger partial charge in [-0.25, -0.2) is 4.39 Å². The Morgan fingerprint density at radius 1 is 1.03 bits per heavy atom. The number of piperidine rings is 1. The highest BCUT2D eigenvalue weighted by Gasteiger charge is 2.26. The highest BCUT2D eigenvalue weighted by molar-refractivity contribution is 5.63. The van der Waals surface area contributed by atoms with Crippen LogP contribution in [0.2, 0.25) is 0 Å². The number of ether oxygens (including phenoxy) is 1. The van der Waals surface area contributed by atoms with Crippen molar-refractivity contribution in [1.29, 1.82) is 0 Å². The summed E-state index contributed by atoms with van der Waals surface area (Å²) in [6.45, 7) is 3.28. The summed E-state index contributed by atoms with van der Waals surface area (Å²) in [5, 5.41) is 19.2. The van der Waals surface area contributed by atoms with E-state index in [1.54, 1.807) is 12.1 Å².